The molecule has 1 N–H and O–H groups in total. The number of rotatable bonds is 2. The van der Waals surface area contributed by atoms with Crippen LogP contribution in [0.15, 0.2) is 0 Å². The maximum absolute atomic E-state index is 11.7. The van der Waals surface area contributed by atoms with E-state index >= 15 is 0 Å². The number of carbonyl (C=O) groups is 1. The molecule has 1 saturated heterocycles. The average molecular weight is 248 g/mol. The lowest BCUT2D eigenvalue weighted by Crippen LogP contribution is -2.50. The van der Waals surface area contributed by atoms with E-state index < -0.39 is 0 Å². The number of nitrogens with zero attached hydrogens (tertiary/aromatic N) is 1. The van der Waals surface area contributed by atoms with Crippen LogP contribution in [0.25, 0.3) is 0 Å². The summed E-state index contributed by atoms with van der Waals surface area (Å²) in [6, 6.07) is 0. The van der Waals surface area contributed by atoms with Crippen molar-refractivity contribution in [1.29, 1.82) is 0 Å². The second-order valence-electron chi connectivity index (χ2n) is 3.98. The molecule has 1 aliphatic carbocycles. The molecule has 1 amide bonds. The monoisotopic (exact) mass is 247 g/mol. The van der Waals surface area contributed by atoms with Crippen molar-refractivity contribution in [3.63, 3.8) is 0 Å². The van der Waals surface area contributed by atoms with Crippen molar-refractivity contribution in [2.24, 2.45) is 0 Å². The van der Waals surface area contributed by atoms with Gasteiger partial charge in [0.25, 0.3) is 0 Å². The smallest absolute Gasteiger partial charge is 0.236 e. The van der Waals surface area contributed by atoms with Gasteiger partial charge < -0.3 is 10.0 Å². The minimum Gasteiger partial charge on any atom is -0.394 e. The summed E-state index contributed by atoms with van der Waals surface area (Å²) in [6.07, 6.45) is 3.91. The minimum absolute atomic E-state index is 0.0229. The molecular weight excluding hydrogens is 234 g/mol. The van der Waals surface area contributed by atoms with Gasteiger partial charge in [-0.3, -0.25) is 4.79 Å². The van der Waals surface area contributed by atoms with E-state index in [0.29, 0.717) is 0 Å². The van der Waals surface area contributed by atoms with Gasteiger partial charge in [-0.25, -0.2) is 0 Å². The van der Waals surface area contributed by atoms with Crippen molar-refractivity contribution >= 4 is 21.8 Å². The second kappa shape index (κ2) is 3.24. The Morgan fingerprint density at radius 3 is 2.85 bits per heavy atom. The summed E-state index contributed by atoms with van der Waals surface area (Å²) >= 11 is 3.37. The predicted molar refractivity (Wildman–Crippen MR) is 52.7 cm³/mol. The highest BCUT2D eigenvalue weighted by atomic mass is 79.9. The fourth-order valence-corrected chi connectivity index (χ4v) is 2.53. The van der Waals surface area contributed by atoms with Crippen LogP contribution in [0.1, 0.15) is 25.7 Å². The Balaban J connectivity index is 2.09. The molecular formula is C9H14BrNO2. The van der Waals surface area contributed by atoms with Crippen molar-refractivity contribution < 1.29 is 9.90 Å². The third kappa shape index (κ3) is 1.50. The normalized spacial score (nSPS) is 32.0. The van der Waals surface area contributed by atoms with Crippen LogP contribution in [0.3, 0.4) is 0 Å². The Hall–Kier alpha value is -0.0900. The van der Waals surface area contributed by atoms with Gasteiger partial charge in [-0.2, -0.15) is 0 Å². The SMILES string of the molecule is O=C1C(Br)CCCN1C1(CO)CC1. The highest BCUT2D eigenvalue weighted by Gasteiger charge is 2.51. The van der Waals surface area contributed by atoms with Gasteiger partial charge in [-0.1, -0.05) is 15.9 Å². The van der Waals surface area contributed by atoms with Gasteiger partial charge in [0, 0.05) is 6.54 Å². The topological polar surface area (TPSA) is 40.5 Å². The quantitative estimate of drug-likeness (QED) is 0.737. The van der Waals surface area contributed by atoms with Crippen molar-refractivity contribution in [1.82, 2.24) is 4.90 Å². The molecule has 0 aromatic rings. The fraction of sp³-hybridized carbons (Fsp3) is 0.889. The number of halogens is 1. The van der Waals surface area contributed by atoms with Crippen molar-refractivity contribution in [3.8, 4) is 0 Å². The first-order valence-electron chi connectivity index (χ1n) is 4.76. The third-order valence-electron chi connectivity index (χ3n) is 3.07. The van der Waals surface area contributed by atoms with E-state index in [4.69, 9.17) is 0 Å². The molecule has 4 heteroatoms. The lowest BCUT2D eigenvalue weighted by Gasteiger charge is -2.36. The van der Waals surface area contributed by atoms with Gasteiger partial charge in [-0.15, -0.1) is 0 Å². The molecule has 2 aliphatic rings. The van der Waals surface area contributed by atoms with Crippen LogP contribution in [0.5, 0.6) is 0 Å². The zero-order valence-electron chi connectivity index (χ0n) is 7.50. The largest absolute Gasteiger partial charge is 0.394 e. The summed E-state index contributed by atoms with van der Waals surface area (Å²) in [5.41, 5.74) is -0.177. The van der Waals surface area contributed by atoms with E-state index in [-0.39, 0.29) is 22.9 Å². The van der Waals surface area contributed by atoms with Gasteiger partial charge in [0.1, 0.15) is 0 Å². The molecule has 0 aromatic carbocycles. The number of likely N-dealkylation sites (tertiary alicyclic amines) is 1. The van der Waals surface area contributed by atoms with E-state index in [2.05, 4.69) is 15.9 Å². The van der Waals surface area contributed by atoms with Crippen LogP contribution in [0, 0.1) is 0 Å². The first-order valence-corrected chi connectivity index (χ1v) is 5.68. The molecule has 2 rings (SSSR count). The van der Waals surface area contributed by atoms with Crippen LogP contribution < -0.4 is 0 Å². The molecule has 0 radical (unpaired) electrons. The highest BCUT2D eigenvalue weighted by molar-refractivity contribution is 9.10. The summed E-state index contributed by atoms with van der Waals surface area (Å²) < 4.78 is 0. The summed E-state index contributed by atoms with van der Waals surface area (Å²) in [5, 5.41) is 9.20. The van der Waals surface area contributed by atoms with Crippen LogP contribution in [-0.4, -0.2) is 39.4 Å². The Bertz CT molecular complexity index is 228. The molecule has 13 heavy (non-hydrogen) atoms. The zero-order chi connectivity index (χ0) is 9.47. The summed E-state index contributed by atoms with van der Waals surface area (Å²) in [4.78, 5) is 13.6. The number of piperidine rings is 1. The lowest BCUT2D eigenvalue weighted by atomic mass is 10.1. The molecule has 3 nitrogen and oxygen atoms in total. The maximum atomic E-state index is 11.7. The second-order valence-corrected chi connectivity index (χ2v) is 5.09. The Kier molecular flexibility index (Phi) is 2.36. The molecule has 0 bridgehead atoms. The molecule has 1 saturated carbocycles. The molecule has 2 fully saturated rings. The molecule has 1 atom stereocenters. The first kappa shape index (κ1) is 9.46. The summed E-state index contributed by atoms with van der Waals surface area (Å²) in [7, 11) is 0. The average Bonchev–Trinajstić information content (AvgIpc) is 2.90. The van der Waals surface area contributed by atoms with E-state index in [1.165, 1.54) is 0 Å². The molecule has 1 heterocycles. The Morgan fingerprint density at radius 2 is 2.31 bits per heavy atom. The van der Waals surface area contributed by atoms with E-state index in [9.17, 15) is 9.90 Å². The number of hydrogen-bond donors (Lipinski definition) is 1. The maximum Gasteiger partial charge on any atom is 0.236 e. The molecule has 0 spiro atoms. The van der Waals surface area contributed by atoms with Gasteiger partial charge >= 0.3 is 0 Å². The number of aliphatic hydroxyl groups is 1. The van der Waals surface area contributed by atoms with Gasteiger partial charge in [-0.05, 0) is 25.7 Å². The molecule has 74 valence electrons. The molecule has 1 aliphatic heterocycles. The van der Waals surface area contributed by atoms with Gasteiger partial charge in [0.2, 0.25) is 5.91 Å². The standard InChI is InChI=1S/C9H14BrNO2/c10-7-2-1-5-11(8(7)13)9(6-12)3-4-9/h7,12H,1-6H2. The third-order valence-corrected chi connectivity index (χ3v) is 3.92. The van der Waals surface area contributed by atoms with Crippen LogP contribution in [0.2, 0.25) is 0 Å². The lowest BCUT2D eigenvalue weighted by molar-refractivity contribution is -0.137. The molecule has 1 unspecified atom stereocenters. The zero-order valence-corrected chi connectivity index (χ0v) is 9.09. The van der Waals surface area contributed by atoms with Gasteiger partial charge in [0.05, 0.1) is 17.0 Å². The summed E-state index contributed by atoms with van der Waals surface area (Å²) in [6.45, 7) is 0.944. The number of hydrogen-bond acceptors (Lipinski definition) is 2. The van der Waals surface area contributed by atoms with Crippen molar-refractivity contribution in [2.45, 2.75) is 36.0 Å². The minimum atomic E-state index is -0.177. The number of alkyl halides is 1. The van der Waals surface area contributed by atoms with Crippen LogP contribution in [0.4, 0.5) is 0 Å². The fourth-order valence-electron chi connectivity index (χ4n) is 1.96. The van der Waals surface area contributed by atoms with E-state index in [1.807, 2.05) is 4.90 Å². The Labute approximate surface area is 86.2 Å². The van der Waals surface area contributed by atoms with Crippen molar-refractivity contribution in [2.75, 3.05) is 13.2 Å². The number of aliphatic hydroxyl groups excluding tert-OH is 1. The van der Waals surface area contributed by atoms with E-state index in [0.717, 1.165) is 32.2 Å². The first-order chi connectivity index (χ1) is 6.19. The van der Waals surface area contributed by atoms with Gasteiger partial charge in [0.15, 0.2) is 0 Å². The van der Waals surface area contributed by atoms with Crippen molar-refractivity contribution in [3.05, 3.63) is 0 Å². The van der Waals surface area contributed by atoms with E-state index in [1.54, 1.807) is 0 Å². The highest BCUT2D eigenvalue weighted by Crippen LogP contribution is 2.43. The van der Waals surface area contributed by atoms with Crippen LogP contribution in [-0.2, 0) is 4.79 Å². The Morgan fingerprint density at radius 1 is 1.62 bits per heavy atom. The van der Waals surface area contributed by atoms with Crippen LogP contribution >= 0.6 is 15.9 Å². The molecule has 0 aromatic heterocycles. The predicted octanol–water partition coefficient (Wildman–Crippen LogP) is 0.897. The number of carbonyl (C=O) groups excluding carboxylic acids is 1. The summed E-state index contributed by atoms with van der Waals surface area (Å²) in [5.74, 6) is 0.165. The number of amides is 1.